The van der Waals surface area contributed by atoms with Crippen LogP contribution in [0.25, 0.3) is 22.4 Å². The lowest BCUT2D eigenvalue weighted by molar-refractivity contribution is -0.0514. The van der Waals surface area contributed by atoms with Gasteiger partial charge in [0.15, 0.2) is 23.0 Å². The van der Waals surface area contributed by atoms with Crippen LogP contribution in [-0.2, 0) is 6.54 Å². The normalized spacial score (nSPS) is 11.8. The maximum Gasteiger partial charge on any atom is 0.387 e. The van der Waals surface area contributed by atoms with Gasteiger partial charge >= 0.3 is 6.61 Å². The van der Waals surface area contributed by atoms with Crippen LogP contribution < -0.4 is 20.5 Å². The Balaban J connectivity index is 0.00000342. The number of nitrogens with zero attached hydrogens (tertiary/aromatic N) is 1. The molecule has 0 bridgehead atoms. The van der Waals surface area contributed by atoms with Crippen LogP contribution in [0.2, 0.25) is 0 Å². The topological polar surface area (TPSA) is 113 Å². The summed E-state index contributed by atoms with van der Waals surface area (Å²) in [6, 6.07) is 11.1. The molecule has 1 unspecified atom stereocenters. The van der Waals surface area contributed by atoms with E-state index in [1.165, 1.54) is 18.2 Å². The van der Waals surface area contributed by atoms with Crippen molar-refractivity contribution in [1.29, 1.82) is 0 Å². The minimum absolute atomic E-state index is 0. The summed E-state index contributed by atoms with van der Waals surface area (Å²) in [4.78, 5) is 17.3. The average molecular weight is 508 g/mol. The Labute approximate surface area is 205 Å². The molecule has 11 heteroatoms. The van der Waals surface area contributed by atoms with E-state index < -0.39 is 18.6 Å². The number of carbonyl (C=O) groups excluding carboxylic acids is 1. The number of hydrogen-bond donors (Lipinski definition) is 2. The zero-order valence-corrected chi connectivity index (χ0v) is 19.7. The number of ether oxygens (including phenoxy) is 2. The molecule has 0 aliphatic heterocycles. The number of alkyl halides is 2. The van der Waals surface area contributed by atoms with E-state index in [1.807, 2.05) is 24.3 Å². The molecule has 4 rings (SSSR count). The van der Waals surface area contributed by atoms with Crippen LogP contribution in [0.4, 0.5) is 8.78 Å². The van der Waals surface area contributed by atoms with Crippen molar-refractivity contribution < 1.29 is 31.9 Å². The van der Waals surface area contributed by atoms with E-state index in [4.69, 9.17) is 19.3 Å². The van der Waals surface area contributed by atoms with Crippen molar-refractivity contribution in [2.45, 2.75) is 33.0 Å². The van der Waals surface area contributed by atoms with Gasteiger partial charge in [-0.15, -0.1) is 12.4 Å². The first kappa shape index (κ1) is 26.0. The summed E-state index contributed by atoms with van der Waals surface area (Å²) >= 11 is 0. The summed E-state index contributed by atoms with van der Waals surface area (Å²) in [7, 11) is 0. The van der Waals surface area contributed by atoms with Crippen molar-refractivity contribution in [3.05, 3.63) is 65.7 Å². The Hall–Kier alpha value is -3.63. The maximum absolute atomic E-state index is 12.9. The van der Waals surface area contributed by atoms with Gasteiger partial charge in [0, 0.05) is 23.1 Å². The third kappa shape index (κ3) is 5.72. The molecule has 2 aromatic carbocycles. The molecule has 3 N–H and O–H groups in total. The molecule has 4 aromatic rings. The number of nitrogens with one attached hydrogen (secondary N) is 1. The molecule has 2 aromatic heterocycles. The van der Waals surface area contributed by atoms with E-state index in [9.17, 15) is 13.6 Å². The Morgan fingerprint density at radius 1 is 1.20 bits per heavy atom. The lowest BCUT2D eigenvalue weighted by atomic mass is 10.1. The molecule has 0 saturated carbocycles. The number of carbonyl (C=O) groups is 1. The van der Waals surface area contributed by atoms with Crippen molar-refractivity contribution in [2.24, 2.45) is 5.73 Å². The third-order valence-electron chi connectivity index (χ3n) is 4.99. The number of nitrogens with two attached hydrogens (primary N) is 1. The number of benzene rings is 2. The molecular formula is C24H24ClF2N3O5. The zero-order chi connectivity index (χ0) is 24.2. The summed E-state index contributed by atoms with van der Waals surface area (Å²) in [5.41, 5.74) is 7.98. The highest BCUT2D eigenvalue weighted by atomic mass is 35.5. The number of halogens is 3. The minimum atomic E-state index is -3.00. The van der Waals surface area contributed by atoms with Crippen molar-refractivity contribution >= 4 is 29.3 Å². The number of fused-ring (bicyclic) bond motifs is 1. The van der Waals surface area contributed by atoms with E-state index in [-0.39, 0.29) is 54.4 Å². The van der Waals surface area contributed by atoms with E-state index >= 15 is 0 Å². The Morgan fingerprint density at radius 2 is 1.97 bits per heavy atom. The molecule has 35 heavy (non-hydrogen) atoms. The van der Waals surface area contributed by atoms with Gasteiger partial charge in [-0.3, -0.25) is 4.79 Å². The molecule has 8 nitrogen and oxygen atoms in total. The lowest BCUT2D eigenvalue weighted by Gasteiger charge is -2.11. The predicted octanol–water partition coefficient (Wildman–Crippen LogP) is 5.46. The van der Waals surface area contributed by atoms with Crippen LogP contribution in [0.1, 0.15) is 41.7 Å². The van der Waals surface area contributed by atoms with E-state index in [0.29, 0.717) is 5.56 Å². The fourth-order valence-corrected chi connectivity index (χ4v) is 3.46. The molecule has 186 valence electrons. The largest absolute Gasteiger partial charge is 0.490 e. The molecule has 0 fully saturated rings. The summed E-state index contributed by atoms with van der Waals surface area (Å²) in [5.74, 6) is -0.218. The first-order valence-corrected chi connectivity index (χ1v) is 10.6. The summed E-state index contributed by atoms with van der Waals surface area (Å²) in [6.07, 6.45) is 1.59. The number of aromatic nitrogens is 1. The van der Waals surface area contributed by atoms with Crippen LogP contribution in [0.5, 0.6) is 11.5 Å². The predicted molar refractivity (Wildman–Crippen MR) is 127 cm³/mol. The molecule has 0 saturated heterocycles. The smallest absolute Gasteiger partial charge is 0.387 e. The zero-order valence-electron chi connectivity index (χ0n) is 18.9. The van der Waals surface area contributed by atoms with Gasteiger partial charge in [-0.25, -0.2) is 4.98 Å². The fraction of sp³-hybridized carbons (Fsp3) is 0.250. The van der Waals surface area contributed by atoms with Crippen LogP contribution in [-0.4, -0.2) is 24.1 Å². The maximum atomic E-state index is 12.9. The van der Waals surface area contributed by atoms with Gasteiger partial charge in [-0.1, -0.05) is 18.2 Å². The van der Waals surface area contributed by atoms with Crippen LogP contribution >= 0.6 is 12.4 Å². The van der Waals surface area contributed by atoms with E-state index in [2.05, 4.69) is 15.0 Å². The number of para-hydroxylation sites is 1. The van der Waals surface area contributed by atoms with Gasteiger partial charge in [0.05, 0.1) is 18.9 Å². The number of hydrogen-bond acceptors (Lipinski definition) is 7. The number of furan rings is 1. The lowest BCUT2D eigenvalue weighted by Crippen LogP contribution is -2.25. The van der Waals surface area contributed by atoms with Crippen LogP contribution in [0.15, 0.2) is 57.6 Å². The van der Waals surface area contributed by atoms with Gasteiger partial charge < -0.3 is 29.4 Å². The number of amides is 1. The molecule has 1 atom stereocenters. The van der Waals surface area contributed by atoms with Crippen molar-refractivity contribution in [1.82, 2.24) is 10.3 Å². The second kappa shape index (κ2) is 11.2. The van der Waals surface area contributed by atoms with Crippen LogP contribution in [0.3, 0.4) is 0 Å². The van der Waals surface area contributed by atoms with Gasteiger partial charge in [-0.2, -0.15) is 8.78 Å². The second-order valence-corrected chi connectivity index (χ2v) is 7.43. The highest BCUT2D eigenvalue weighted by Gasteiger charge is 2.24. The quantitative estimate of drug-likeness (QED) is 0.309. The van der Waals surface area contributed by atoms with E-state index in [0.717, 1.165) is 16.5 Å². The highest BCUT2D eigenvalue weighted by Crippen LogP contribution is 2.35. The molecule has 0 spiro atoms. The molecule has 0 aliphatic rings. The van der Waals surface area contributed by atoms with Crippen molar-refractivity contribution in [2.75, 3.05) is 6.61 Å². The Morgan fingerprint density at radius 3 is 2.69 bits per heavy atom. The highest BCUT2D eigenvalue weighted by molar-refractivity contribution is 5.94. The first-order chi connectivity index (χ1) is 16.4. The van der Waals surface area contributed by atoms with Gasteiger partial charge in [0.1, 0.15) is 5.58 Å². The summed E-state index contributed by atoms with van der Waals surface area (Å²) in [6.45, 7) is 0.819. The second-order valence-electron chi connectivity index (χ2n) is 7.43. The number of rotatable bonds is 9. The SMILES string of the molecule is CCOc1cc(-c2nc(C(=O)NCc3coc4ccccc34)c(C(C)N)o2)ccc1OC(F)F.Cl. The Bertz CT molecular complexity index is 1310. The summed E-state index contributed by atoms with van der Waals surface area (Å²) < 4.78 is 46.6. The molecule has 0 aliphatic carbocycles. The number of oxazole rings is 1. The Kier molecular flexibility index (Phi) is 8.31. The van der Waals surface area contributed by atoms with Gasteiger partial charge in [0.2, 0.25) is 5.89 Å². The molecule has 0 radical (unpaired) electrons. The standard InChI is InChI=1S/C24H23F2N3O5.ClH/c1-3-31-19-10-14(8-9-18(19)33-24(25)26)23-29-20(21(34-23)13(2)27)22(30)28-11-15-12-32-17-7-5-4-6-16(15)17;/h4-10,12-13,24H,3,11,27H2,1-2H3,(H,28,30);1H. The first-order valence-electron chi connectivity index (χ1n) is 10.6. The third-order valence-corrected chi connectivity index (χ3v) is 4.99. The molecule has 1 amide bonds. The molecule has 2 heterocycles. The average Bonchev–Trinajstić information content (AvgIpc) is 3.43. The minimum Gasteiger partial charge on any atom is -0.490 e. The van der Waals surface area contributed by atoms with Crippen molar-refractivity contribution in [3.8, 4) is 23.0 Å². The van der Waals surface area contributed by atoms with Crippen LogP contribution in [0, 0.1) is 0 Å². The van der Waals surface area contributed by atoms with E-state index in [1.54, 1.807) is 20.1 Å². The van der Waals surface area contributed by atoms with Gasteiger partial charge in [0.25, 0.3) is 5.91 Å². The molecular weight excluding hydrogens is 484 g/mol. The van der Waals surface area contributed by atoms with Gasteiger partial charge in [-0.05, 0) is 38.1 Å². The van der Waals surface area contributed by atoms with Crippen molar-refractivity contribution in [3.63, 3.8) is 0 Å². The summed E-state index contributed by atoms with van der Waals surface area (Å²) in [5, 5.41) is 3.71. The monoisotopic (exact) mass is 507 g/mol. The fourth-order valence-electron chi connectivity index (χ4n) is 3.46.